The van der Waals surface area contributed by atoms with Gasteiger partial charge >= 0.3 is 0 Å². The summed E-state index contributed by atoms with van der Waals surface area (Å²) in [5.74, 6) is -0.988. The van der Waals surface area contributed by atoms with Crippen LogP contribution in [-0.2, 0) is 6.54 Å². The van der Waals surface area contributed by atoms with Crippen molar-refractivity contribution in [2.75, 3.05) is 19.4 Å². The number of ketones is 1. The maximum Gasteiger partial charge on any atom is 0.273 e. The number of anilines is 1. The fraction of sp³-hybridized carbons (Fsp3) is 0.217. The zero-order valence-corrected chi connectivity index (χ0v) is 17.5. The Hall–Kier alpha value is -3.74. The summed E-state index contributed by atoms with van der Waals surface area (Å²) in [5, 5.41) is 6.94. The lowest BCUT2D eigenvalue weighted by Crippen LogP contribution is -2.27. The lowest BCUT2D eigenvalue weighted by Gasteiger charge is -2.14. The van der Waals surface area contributed by atoms with E-state index in [2.05, 4.69) is 10.4 Å². The molecule has 0 spiro atoms. The van der Waals surface area contributed by atoms with Crippen LogP contribution in [0.25, 0.3) is 0 Å². The second kappa shape index (κ2) is 8.73. The Kier molecular flexibility index (Phi) is 6.11. The number of aryl methyl sites for hydroxylation is 2. The van der Waals surface area contributed by atoms with E-state index in [9.17, 15) is 14.4 Å². The van der Waals surface area contributed by atoms with Crippen LogP contribution < -0.4 is 5.32 Å². The Balaban J connectivity index is 1.95. The summed E-state index contributed by atoms with van der Waals surface area (Å²) in [6, 6.07) is 13.8. The third-order valence-corrected chi connectivity index (χ3v) is 4.73. The molecule has 0 aliphatic carbocycles. The first-order chi connectivity index (χ1) is 14.3. The average molecular weight is 404 g/mol. The molecule has 0 unspecified atom stereocenters. The van der Waals surface area contributed by atoms with Gasteiger partial charge in [0.15, 0.2) is 5.78 Å². The maximum atomic E-state index is 13.0. The van der Waals surface area contributed by atoms with Crippen molar-refractivity contribution in [1.82, 2.24) is 14.7 Å². The van der Waals surface area contributed by atoms with Gasteiger partial charge in [-0.2, -0.15) is 5.10 Å². The van der Waals surface area contributed by atoms with E-state index in [4.69, 9.17) is 0 Å². The van der Waals surface area contributed by atoms with E-state index in [1.54, 1.807) is 50.5 Å². The van der Waals surface area contributed by atoms with Crippen LogP contribution in [0.15, 0.2) is 54.7 Å². The van der Waals surface area contributed by atoms with E-state index in [-0.39, 0.29) is 22.9 Å². The number of benzene rings is 2. The number of hydrogen-bond donors (Lipinski definition) is 1. The Bertz CT molecular complexity index is 1100. The Morgan fingerprint density at radius 2 is 1.63 bits per heavy atom. The van der Waals surface area contributed by atoms with Crippen molar-refractivity contribution in [2.24, 2.45) is 0 Å². The van der Waals surface area contributed by atoms with Gasteiger partial charge < -0.3 is 10.2 Å². The number of carbonyl (C=O) groups excluding carboxylic acids is 3. The maximum absolute atomic E-state index is 13.0. The SMILES string of the molecule is CCn1ncc(NC(=O)c2ccccc2C(=O)c2ccc(C)cc2)c1C(=O)N(C)C. The highest BCUT2D eigenvalue weighted by Gasteiger charge is 2.23. The van der Waals surface area contributed by atoms with E-state index in [0.717, 1.165) is 5.56 Å². The first-order valence-electron chi connectivity index (χ1n) is 9.62. The summed E-state index contributed by atoms with van der Waals surface area (Å²) in [7, 11) is 3.27. The van der Waals surface area contributed by atoms with Crippen molar-refractivity contribution < 1.29 is 14.4 Å². The molecule has 0 radical (unpaired) electrons. The molecule has 0 atom stereocenters. The summed E-state index contributed by atoms with van der Waals surface area (Å²) in [4.78, 5) is 40.0. The largest absolute Gasteiger partial charge is 0.343 e. The smallest absolute Gasteiger partial charge is 0.273 e. The number of rotatable bonds is 6. The molecule has 2 amide bonds. The molecule has 0 saturated carbocycles. The second-order valence-corrected chi connectivity index (χ2v) is 7.12. The molecule has 3 rings (SSSR count). The number of nitrogens with zero attached hydrogens (tertiary/aromatic N) is 3. The monoisotopic (exact) mass is 404 g/mol. The minimum absolute atomic E-state index is 0.232. The first kappa shape index (κ1) is 21.0. The second-order valence-electron chi connectivity index (χ2n) is 7.12. The van der Waals surface area contributed by atoms with Crippen LogP contribution in [0.3, 0.4) is 0 Å². The standard InChI is InChI=1S/C23H24N4O3/c1-5-27-20(23(30)26(3)4)19(14-24-27)25-22(29)18-9-7-6-8-17(18)21(28)16-12-10-15(2)11-13-16/h6-14H,5H2,1-4H3,(H,25,29). The van der Waals surface area contributed by atoms with Gasteiger partial charge in [-0.1, -0.05) is 48.0 Å². The average Bonchev–Trinajstić information content (AvgIpc) is 3.15. The summed E-state index contributed by atoms with van der Waals surface area (Å²) in [6.07, 6.45) is 1.45. The van der Waals surface area contributed by atoms with Gasteiger partial charge in [0.2, 0.25) is 0 Å². The minimum Gasteiger partial charge on any atom is -0.343 e. The number of nitrogens with one attached hydrogen (secondary N) is 1. The molecule has 30 heavy (non-hydrogen) atoms. The highest BCUT2D eigenvalue weighted by Crippen LogP contribution is 2.20. The molecule has 1 aromatic heterocycles. The molecule has 0 fully saturated rings. The van der Waals surface area contributed by atoms with Crippen molar-refractivity contribution in [3.05, 3.63) is 82.7 Å². The van der Waals surface area contributed by atoms with E-state index < -0.39 is 5.91 Å². The normalized spacial score (nSPS) is 10.5. The lowest BCUT2D eigenvalue weighted by atomic mass is 9.97. The number of aromatic nitrogens is 2. The van der Waals surface area contributed by atoms with Crippen LogP contribution in [-0.4, -0.2) is 46.4 Å². The van der Waals surface area contributed by atoms with E-state index >= 15 is 0 Å². The Morgan fingerprint density at radius 3 is 2.23 bits per heavy atom. The van der Waals surface area contributed by atoms with Gasteiger partial charge in [0.05, 0.1) is 17.4 Å². The van der Waals surface area contributed by atoms with Crippen molar-refractivity contribution >= 4 is 23.3 Å². The van der Waals surface area contributed by atoms with Crippen LogP contribution in [0.1, 0.15) is 49.3 Å². The predicted octanol–water partition coefficient (Wildman–Crippen LogP) is 3.40. The fourth-order valence-corrected chi connectivity index (χ4v) is 3.08. The Morgan fingerprint density at radius 1 is 1.00 bits per heavy atom. The highest BCUT2D eigenvalue weighted by atomic mass is 16.2. The molecule has 0 aliphatic rings. The summed E-state index contributed by atoms with van der Waals surface area (Å²) < 4.78 is 1.53. The number of carbonyl (C=O) groups is 3. The molecular weight excluding hydrogens is 380 g/mol. The fourth-order valence-electron chi connectivity index (χ4n) is 3.08. The summed E-state index contributed by atoms with van der Waals surface area (Å²) in [5.41, 5.74) is 2.67. The molecule has 7 nitrogen and oxygen atoms in total. The van der Waals surface area contributed by atoms with Gasteiger partial charge in [-0.05, 0) is 19.9 Å². The minimum atomic E-state index is -0.477. The van der Waals surface area contributed by atoms with Crippen LogP contribution in [0.5, 0.6) is 0 Å². The van der Waals surface area contributed by atoms with Gasteiger partial charge in [0, 0.05) is 31.8 Å². The zero-order valence-electron chi connectivity index (χ0n) is 17.5. The van der Waals surface area contributed by atoms with Crippen LogP contribution in [0.2, 0.25) is 0 Å². The zero-order chi connectivity index (χ0) is 21.8. The molecule has 1 heterocycles. The molecule has 1 N–H and O–H groups in total. The first-order valence-corrected chi connectivity index (χ1v) is 9.62. The van der Waals surface area contributed by atoms with Crippen molar-refractivity contribution in [2.45, 2.75) is 20.4 Å². The van der Waals surface area contributed by atoms with E-state index in [1.807, 2.05) is 26.0 Å². The van der Waals surface area contributed by atoms with Gasteiger partial charge in [-0.15, -0.1) is 0 Å². The predicted molar refractivity (Wildman–Crippen MR) is 115 cm³/mol. The molecule has 0 aliphatic heterocycles. The number of amides is 2. The Labute approximate surface area is 175 Å². The molecular formula is C23H24N4O3. The summed E-state index contributed by atoms with van der Waals surface area (Å²) in [6.45, 7) is 4.28. The van der Waals surface area contributed by atoms with Crippen molar-refractivity contribution in [3.63, 3.8) is 0 Å². The van der Waals surface area contributed by atoms with E-state index in [0.29, 0.717) is 23.4 Å². The summed E-state index contributed by atoms with van der Waals surface area (Å²) >= 11 is 0. The van der Waals surface area contributed by atoms with E-state index in [1.165, 1.54) is 15.8 Å². The van der Waals surface area contributed by atoms with Gasteiger partial charge in [0.25, 0.3) is 11.8 Å². The van der Waals surface area contributed by atoms with Crippen molar-refractivity contribution in [1.29, 1.82) is 0 Å². The van der Waals surface area contributed by atoms with Crippen LogP contribution in [0.4, 0.5) is 5.69 Å². The van der Waals surface area contributed by atoms with Crippen molar-refractivity contribution in [3.8, 4) is 0 Å². The third-order valence-electron chi connectivity index (χ3n) is 4.73. The molecule has 0 saturated heterocycles. The third kappa shape index (κ3) is 4.15. The van der Waals surface area contributed by atoms with Crippen LogP contribution >= 0.6 is 0 Å². The topological polar surface area (TPSA) is 84.3 Å². The van der Waals surface area contributed by atoms with Gasteiger partial charge in [-0.3, -0.25) is 19.1 Å². The quantitative estimate of drug-likeness (QED) is 0.638. The molecule has 7 heteroatoms. The molecule has 2 aromatic carbocycles. The molecule has 3 aromatic rings. The number of hydrogen-bond acceptors (Lipinski definition) is 4. The molecule has 154 valence electrons. The van der Waals surface area contributed by atoms with Gasteiger partial charge in [0.1, 0.15) is 5.69 Å². The molecule has 0 bridgehead atoms. The van der Waals surface area contributed by atoms with Crippen LogP contribution in [0, 0.1) is 6.92 Å². The van der Waals surface area contributed by atoms with Gasteiger partial charge in [-0.25, -0.2) is 0 Å². The lowest BCUT2D eigenvalue weighted by molar-refractivity contribution is 0.0816. The highest BCUT2D eigenvalue weighted by molar-refractivity contribution is 6.18.